The summed E-state index contributed by atoms with van der Waals surface area (Å²) in [5.41, 5.74) is 3.25. The molecule has 4 aromatic rings. The molecule has 0 aliphatic carbocycles. The highest BCUT2D eigenvalue weighted by Crippen LogP contribution is 2.38. The van der Waals surface area contributed by atoms with E-state index in [4.69, 9.17) is 23.7 Å². The lowest BCUT2D eigenvalue weighted by molar-refractivity contribution is -0.123. The van der Waals surface area contributed by atoms with E-state index >= 15 is 0 Å². The zero-order valence-corrected chi connectivity index (χ0v) is 21.1. The Kier molecular flexibility index (Phi) is 8.40. The summed E-state index contributed by atoms with van der Waals surface area (Å²) in [5, 5.41) is 6.07. The molecule has 0 unspecified atom stereocenters. The van der Waals surface area contributed by atoms with E-state index in [9.17, 15) is 9.59 Å². The van der Waals surface area contributed by atoms with Gasteiger partial charge < -0.3 is 23.7 Å². The number of hydrazone groups is 1. The number of hydrogen-bond acceptors (Lipinski definition) is 8. The molecule has 0 aliphatic rings. The minimum absolute atomic E-state index is 0.192. The molecular weight excluding hydrogens is 488 g/mol. The van der Waals surface area contributed by atoms with Gasteiger partial charge in [-0.3, -0.25) is 4.79 Å². The van der Waals surface area contributed by atoms with Crippen LogP contribution in [0.2, 0.25) is 0 Å². The van der Waals surface area contributed by atoms with Gasteiger partial charge in [0.15, 0.2) is 18.1 Å². The first kappa shape index (κ1) is 26.0. The second kappa shape index (κ2) is 12.3. The lowest BCUT2D eigenvalue weighted by atomic mass is 10.1. The first-order chi connectivity index (χ1) is 18.5. The zero-order valence-electron chi connectivity index (χ0n) is 21.1. The number of nitrogens with one attached hydrogen (secondary N) is 1. The van der Waals surface area contributed by atoms with Crippen LogP contribution in [0.25, 0.3) is 10.8 Å². The summed E-state index contributed by atoms with van der Waals surface area (Å²) in [5.74, 6) is 0.884. The normalized spacial score (nSPS) is 10.7. The first-order valence-electron chi connectivity index (χ1n) is 11.6. The number of fused-ring (bicyclic) bond motifs is 1. The highest BCUT2D eigenvalue weighted by atomic mass is 16.5. The van der Waals surface area contributed by atoms with E-state index in [1.165, 1.54) is 39.7 Å². The Morgan fingerprint density at radius 3 is 2.24 bits per heavy atom. The molecule has 1 N–H and O–H groups in total. The Morgan fingerprint density at radius 1 is 0.789 bits per heavy atom. The van der Waals surface area contributed by atoms with Crippen LogP contribution in [-0.2, 0) is 4.79 Å². The fourth-order valence-electron chi connectivity index (χ4n) is 3.64. The summed E-state index contributed by atoms with van der Waals surface area (Å²) >= 11 is 0. The third kappa shape index (κ3) is 6.38. The van der Waals surface area contributed by atoms with E-state index < -0.39 is 11.9 Å². The highest BCUT2D eigenvalue weighted by molar-refractivity contribution is 5.93. The fourth-order valence-corrected chi connectivity index (χ4v) is 3.64. The van der Waals surface area contributed by atoms with Crippen molar-refractivity contribution < 1.29 is 33.3 Å². The van der Waals surface area contributed by atoms with E-state index in [-0.39, 0.29) is 12.2 Å². The second-order valence-electron chi connectivity index (χ2n) is 7.97. The Labute approximate surface area is 219 Å². The summed E-state index contributed by atoms with van der Waals surface area (Å²) in [7, 11) is 4.40. The molecule has 0 aliphatic heterocycles. The quantitative estimate of drug-likeness (QED) is 0.143. The van der Waals surface area contributed by atoms with E-state index in [0.717, 1.165) is 10.8 Å². The Morgan fingerprint density at radius 2 is 1.53 bits per heavy atom. The van der Waals surface area contributed by atoms with Crippen molar-refractivity contribution in [1.29, 1.82) is 0 Å². The molecule has 0 saturated heterocycles. The fraction of sp³-hybridized carbons (Fsp3) is 0.138. The lowest BCUT2D eigenvalue weighted by Crippen LogP contribution is -2.24. The molecule has 0 fully saturated rings. The molecule has 9 nitrogen and oxygen atoms in total. The standard InChI is InChI=1S/C29H26N2O7/c1-34-25-15-22(16-26(35-2)28(25)36-3)29(33)38-24-10-6-7-19(13-24)17-30-31-27(32)18-37-23-12-11-20-8-4-5-9-21(20)14-23/h4-17H,18H2,1-3H3,(H,31,32)/b30-17+. The minimum atomic E-state index is -0.613. The predicted octanol–water partition coefficient (Wildman–Crippen LogP) is 4.61. The summed E-state index contributed by atoms with van der Waals surface area (Å²) in [6.07, 6.45) is 1.44. The van der Waals surface area contributed by atoms with Crippen molar-refractivity contribution in [2.45, 2.75) is 0 Å². The van der Waals surface area contributed by atoms with Gasteiger partial charge >= 0.3 is 5.97 Å². The van der Waals surface area contributed by atoms with Crippen LogP contribution in [0, 0.1) is 0 Å². The molecule has 0 saturated carbocycles. The lowest BCUT2D eigenvalue weighted by Gasteiger charge is -2.13. The van der Waals surface area contributed by atoms with Crippen molar-refractivity contribution in [3.63, 3.8) is 0 Å². The van der Waals surface area contributed by atoms with Crippen LogP contribution in [0.4, 0.5) is 0 Å². The number of benzene rings is 4. The van der Waals surface area contributed by atoms with Crippen molar-refractivity contribution in [3.05, 3.63) is 90.0 Å². The third-order valence-electron chi connectivity index (χ3n) is 5.46. The Bertz CT molecular complexity index is 1460. The van der Waals surface area contributed by atoms with Gasteiger partial charge in [0.05, 0.1) is 33.1 Å². The number of esters is 1. The average molecular weight is 515 g/mol. The van der Waals surface area contributed by atoms with Crippen molar-refractivity contribution >= 4 is 28.9 Å². The van der Waals surface area contributed by atoms with Crippen molar-refractivity contribution in [2.75, 3.05) is 27.9 Å². The van der Waals surface area contributed by atoms with Gasteiger partial charge in [-0.1, -0.05) is 42.5 Å². The SMILES string of the molecule is COc1cc(C(=O)Oc2cccc(/C=N/NC(=O)COc3ccc4ccccc4c3)c2)cc(OC)c1OC. The molecule has 4 rings (SSSR count). The third-order valence-corrected chi connectivity index (χ3v) is 5.46. The first-order valence-corrected chi connectivity index (χ1v) is 11.6. The largest absolute Gasteiger partial charge is 0.493 e. The predicted molar refractivity (Wildman–Crippen MR) is 143 cm³/mol. The molecular formula is C29H26N2O7. The van der Waals surface area contributed by atoms with Crippen LogP contribution < -0.4 is 29.1 Å². The zero-order chi connectivity index (χ0) is 26.9. The number of hydrogen-bond donors (Lipinski definition) is 1. The molecule has 0 radical (unpaired) electrons. The molecule has 0 spiro atoms. The Hall–Kier alpha value is -5.05. The van der Waals surface area contributed by atoms with Crippen LogP contribution in [0.15, 0.2) is 84.0 Å². The molecule has 0 bridgehead atoms. The van der Waals surface area contributed by atoms with Gasteiger partial charge in [-0.05, 0) is 52.7 Å². The molecule has 9 heteroatoms. The number of carbonyl (C=O) groups excluding carboxylic acids is 2. The summed E-state index contributed by atoms with van der Waals surface area (Å²) in [4.78, 5) is 24.9. The molecule has 38 heavy (non-hydrogen) atoms. The van der Waals surface area contributed by atoms with Gasteiger partial charge in [-0.15, -0.1) is 0 Å². The molecule has 0 heterocycles. The smallest absolute Gasteiger partial charge is 0.343 e. The van der Waals surface area contributed by atoms with Crippen LogP contribution in [0.3, 0.4) is 0 Å². The maximum Gasteiger partial charge on any atom is 0.343 e. The molecule has 1 amide bonds. The maximum atomic E-state index is 12.7. The van der Waals surface area contributed by atoms with Crippen molar-refractivity contribution in [2.24, 2.45) is 5.10 Å². The molecule has 194 valence electrons. The van der Waals surface area contributed by atoms with Gasteiger partial charge in [0.1, 0.15) is 11.5 Å². The number of nitrogens with zero attached hydrogens (tertiary/aromatic N) is 1. The van der Waals surface area contributed by atoms with Crippen molar-refractivity contribution in [3.8, 4) is 28.7 Å². The monoisotopic (exact) mass is 514 g/mol. The average Bonchev–Trinajstić information content (AvgIpc) is 2.95. The molecule has 0 atom stereocenters. The Balaban J connectivity index is 1.34. The molecule has 0 aromatic heterocycles. The van der Waals surface area contributed by atoms with E-state index in [0.29, 0.717) is 34.3 Å². The van der Waals surface area contributed by atoms with Gasteiger partial charge in [0, 0.05) is 0 Å². The maximum absolute atomic E-state index is 12.7. The summed E-state index contributed by atoms with van der Waals surface area (Å²) in [6.45, 7) is -0.192. The highest BCUT2D eigenvalue weighted by Gasteiger charge is 2.18. The van der Waals surface area contributed by atoms with E-state index in [1.807, 2.05) is 42.5 Å². The van der Waals surface area contributed by atoms with Gasteiger partial charge in [-0.25, -0.2) is 10.2 Å². The number of amides is 1. The van der Waals surface area contributed by atoms with E-state index in [2.05, 4.69) is 10.5 Å². The molecule has 4 aromatic carbocycles. The van der Waals surface area contributed by atoms with Crippen LogP contribution in [0.1, 0.15) is 15.9 Å². The van der Waals surface area contributed by atoms with Crippen LogP contribution in [-0.4, -0.2) is 46.0 Å². The van der Waals surface area contributed by atoms with Crippen LogP contribution >= 0.6 is 0 Å². The second-order valence-corrected chi connectivity index (χ2v) is 7.97. The summed E-state index contributed by atoms with van der Waals surface area (Å²) < 4.78 is 26.9. The number of carbonyl (C=O) groups is 2. The summed E-state index contributed by atoms with van der Waals surface area (Å²) in [6, 6.07) is 23.2. The number of ether oxygens (including phenoxy) is 5. The van der Waals surface area contributed by atoms with Gasteiger partial charge in [0.25, 0.3) is 5.91 Å². The van der Waals surface area contributed by atoms with Gasteiger partial charge in [-0.2, -0.15) is 5.10 Å². The topological polar surface area (TPSA) is 105 Å². The van der Waals surface area contributed by atoms with Crippen LogP contribution in [0.5, 0.6) is 28.7 Å². The van der Waals surface area contributed by atoms with E-state index in [1.54, 1.807) is 24.3 Å². The van der Waals surface area contributed by atoms with Gasteiger partial charge in [0.2, 0.25) is 5.75 Å². The van der Waals surface area contributed by atoms with Crippen molar-refractivity contribution in [1.82, 2.24) is 5.43 Å². The number of rotatable bonds is 10. The number of methoxy groups -OCH3 is 3. The minimum Gasteiger partial charge on any atom is -0.493 e.